The van der Waals surface area contributed by atoms with Gasteiger partial charge >= 0.3 is 5.97 Å². The fourth-order valence-corrected chi connectivity index (χ4v) is 5.87. The Morgan fingerprint density at radius 2 is 1.72 bits per heavy atom. The molecule has 0 amide bonds. The van der Waals surface area contributed by atoms with Crippen molar-refractivity contribution in [3.05, 3.63) is 104 Å². The summed E-state index contributed by atoms with van der Waals surface area (Å²) in [5.74, 6) is -2.15. The minimum Gasteiger partial charge on any atom is -0.477 e. The van der Waals surface area contributed by atoms with Gasteiger partial charge in [-0.3, -0.25) is 23.6 Å². The number of piperazine rings is 1. The number of anilines is 4. The number of nitrogens with one attached hydrogen (secondary N) is 1. The minimum absolute atomic E-state index is 0.0518. The maximum absolute atomic E-state index is 14.7. The van der Waals surface area contributed by atoms with Crippen LogP contribution in [0.25, 0.3) is 5.69 Å². The van der Waals surface area contributed by atoms with Crippen molar-refractivity contribution < 1.29 is 18.7 Å². The smallest absolute Gasteiger partial charge is 0.341 e. The second kappa shape index (κ2) is 14.6. The lowest BCUT2D eigenvalue weighted by atomic mass is 10.1. The number of nitrogens with zero attached hydrogens (tertiary/aromatic N) is 5. The van der Waals surface area contributed by atoms with Gasteiger partial charge in [0.2, 0.25) is 5.95 Å². The molecule has 5 rings (SSSR count). The van der Waals surface area contributed by atoms with Gasteiger partial charge in [-0.15, -0.1) is 0 Å². The molecule has 13 heteroatoms. The molecule has 1 saturated heterocycles. The number of unbranched alkanes of at least 4 members (excludes halogenated alkanes) is 2. The maximum Gasteiger partial charge on any atom is 0.341 e. The molecule has 0 spiro atoms. The number of halogens is 2. The van der Waals surface area contributed by atoms with Crippen molar-refractivity contribution >= 4 is 29.2 Å². The molecule has 4 N–H and O–H groups in total. The summed E-state index contributed by atoms with van der Waals surface area (Å²) < 4.78 is 31.1. The van der Waals surface area contributed by atoms with Crippen LogP contribution in [-0.4, -0.2) is 62.8 Å². The fourth-order valence-electron chi connectivity index (χ4n) is 5.87. The highest BCUT2D eigenvalue weighted by molar-refractivity contribution is 5.87. The molecule has 11 nitrogen and oxygen atoms in total. The van der Waals surface area contributed by atoms with Crippen LogP contribution in [-0.2, 0) is 13.0 Å². The molecule has 1 aliphatic rings. The van der Waals surface area contributed by atoms with Crippen LogP contribution < -0.4 is 26.9 Å². The maximum atomic E-state index is 14.7. The van der Waals surface area contributed by atoms with Gasteiger partial charge in [0.15, 0.2) is 5.43 Å². The number of carboxylic acids is 1. The van der Waals surface area contributed by atoms with E-state index >= 15 is 0 Å². The SMILES string of the molecule is CCc1cc(Nc2cc(=O)n(CCCCCN3CCN(c4cc(=O)c(C(=O)O)cn4-c4ccc(F)cc4F)CC3)c(N)n2)ccc1C. The van der Waals surface area contributed by atoms with Crippen molar-refractivity contribution in [1.29, 1.82) is 0 Å². The average Bonchev–Trinajstić information content (AvgIpc) is 3.03. The first-order chi connectivity index (χ1) is 22.5. The van der Waals surface area contributed by atoms with E-state index in [0.717, 1.165) is 56.2 Å². The van der Waals surface area contributed by atoms with E-state index < -0.39 is 28.6 Å². The van der Waals surface area contributed by atoms with E-state index in [2.05, 4.69) is 29.0 Å². The topological polar surface area (TPSA) is 139 Å². The first-order valence-electron chi connectivity index (χ1n) is 15.7. The second-order valence-corrected chi connectivity index (χ2v) is 11.7. The van der Waals surface area contributed by atoms with Crippen molar-refractivity contribution in [2.75, 3.05) is 48.7 Å². The average molecular weight is 648 g/mol. The summed E-state index contributed by atoms with van der Waals surface area (Å²) in [5, 5.41) is 12.6. The number of aromatic nitrogens is 3. The Hall–Kier alpha value is -5.04. The first-order valence-corrected chi connectivity index (χ1v) is 15.7. The van der Waals surface area contributed by atoms with Gasteiger partial charge < -0.3 is 21.1 Å². The van der Waals surface area contributed by atoms with Crippen molar-refractivity contribution in [1.82, 2.24) is 19.0 Å². The third-order valence-electron chi connectivity index (χ3n) is 8.52. The highest BCUT2D eigenvalue weighted by Crippen LogP contribution is 2.24. The number of nitrogens with two attached hydrogens (primary N) is 1. The van der Waals surface area contributed by atoms with Gasteiger partial charge in [0.05, 0.1) is 5.69 Å². The van der Waals surface area contributed by atoms with Crippen molar-refractivity contribution in [3.8, 4) is 5.69 Å². The van der Waals surface area contributed by atoms with Gasteiger partial charge in [0, 0.05) is 62.8 Å². The quantitative estimate of drug-likeness (QED) is 0.189. The van der Waals surface area contributed by atoms with Crippen molar-refractivity contribution in [2.24, 2.45) is 0 Å². The minimum atomic E-state index is -1.43. The van der Waals surface area contributed by atoms with Gasteiger partial charge in [0.1, 0.15) is 28.8 Å². The Kier molecular flexibility index (Phi) is 10.3. The molecule has 1 aliphatic heterocycles. The van der Waals surface area contributed by atoms with Gasteiger partial charge in [-0.25, -0.2) is 13.6 Å². The summed E-state index contributed by atoms with van der Waals surface area (Å²) in [5.41, 5.74) is 7.98. The highest BCUT2D eigenvalue weighted by Gasteiger charge is 2.23. The molecule has 248 valence electrons. The van der Waals surface area contributed by atoms with Crippen LogP contribution in [0, 0.1) is 18.6 Å². The van der Waals surface area contributed by atoms with Crippen molar-refractivity contribution in [3.63, 3.8) is 0 Å². The molecule has 4 aromatic rings. The number of carboxylic acid groups (broad SMARTS) is 1. The van der Waals surface area contributed by atoms with Crippen LogP contribution in [0.5, 0.6) is 0 Å². The number of pyridine rings is 1. The molecule has 0 radical (unpaired) electrons. The molecule has 0 bridgehead atoms. The Morgan fingerprint density at radius 3 is 2.40 bits per heavy atom. The Morgan fingerprint density at radius 1 is 0.979 bits per heavy atom. The van der Waals surface area contributed by atoms with Crippen LogP contribution in [0.1, 0.15) is 47.7 Å². The van der Waals surface area contributed by atoms with Crippen LogP contribution in [0.15, 0.2) is 64.3 Å². The summed E-state index contributed by atoms with van der Waals surface area (Å²) in [7, 11) is 0. The standard InChI is InChI=1S/C34H39F2N7O4/c1-3-23-17-25(9-7-22(23)2)38-30-20-32(45)42(34(37)39-30)12-6-4-5-11-40-13-15-41(16-14-40)31-19-29(44)26(33(46)47)21-43(31)28-10-8-24(35)18-27(28)36/h7-10,17-21,38H,3-6,11-16H2,1-2H3,(H2,37,39)(H,46,47). The lowest BCUT2D eigenvalue weighted by Crippen LogP contribution is -2.47. The van der Waals surface area contributed by atoms with E-state index in [4.69, 9.17) is 5.73 Å². The second-order valence-electron chi connectivity index (χ2n) is 11.7. The monoisotopic (exact) mass is 647 g/mol. The van der Waals surface area contributed by atoms with E-state index in [1.807, 2.05) is 23.1 Å². The van der Waals surface area contributed by atoms with Gasteiger partial charge in [-0.1, -0.05) is 19.4 Å². The third-order valence-corrected chi connectivity index (χ3v) is 8.52. The summed E-state index contributed by atoms with van der Waals surface area (Å²) in [6.45, 7) is 7.84. The Balaban J connectivity index is 1.13. The lowest BCUT2D eigenvalue weighted by Gasteiger charge is -2.37. The summed E-state index contributed by atoms with van der Waals surface area (Å²) in [6, 6.07) is 11.7. The summed E-state index contributed by atoms with van der Waals surface area (Å²) in [4.78, 5) is 45.6. The molecule has 0 atom stereocenters. The van der Waals surface area contributed by atoms with Crippen LogP contribution in [0.3, 0.4) is 0 Å². The zero-order valence-electron chi connectivity index (χ0n) is 26.5. The molecule has 0 aliphatic carbocycles. The predicted molar refractivity (Wildman–Crippen MR) is 178 cm³/mol. The number of aromatic carboxylic acids is 1. The van der Waals surface area contributed by atoms with Gasteiger partial charge in [0.25, 0.3) is 5.56 Å². The van der Waals surface area contributed by atoms with Gasteiger partial charge in [-0.05, 0) is 68.1 Å². The first kappa shape index (κ1) is 33.3. The number of rotatable bonds is 12. The fraction of sp³-hybridized carbons (Fsp3) is 0.353. The summed E-state index contributed by atoms with van der Waals surface area (Å²) >= 11 is 0. The van der Waals surface area contributed by atoms with E-state index in [1.54, 1.807) is 0 Å². The van der Waals surface area contributed by atoms with E-state index in [-0.39, 0.29) is 17.2 Å². The zero-order valence-corrected chi connectivity index (χ0v) is 26.5. The molecule has 2 aromatic carbocycles. The third kappa shape index (κ3) is 7.86. The number of hydrogen-bond donors (Lipinski definition) is 3. The molecule has 0 saturated carbocycles. The van der Waals surface area contributed by atoms with E-state index in [0.29, 0.717) is 44.4 Å². The molecule has 1 fully saturated rings. The lowest BCUT2D eigenvalue weighted by molar-refractivity contribution is 0.0694. The van der Waals surface area contributed by atoms with Gasteiger partial charge in [-0.2, -0.15) is 4.98 Å². The molecule has 3 heterocycles. The molecule has 2 aromatic heterocycles. The molecule has 0 unspecified atom stereocenters. The number of hydrogen-bond acceptors (Lipinski definition) is 8. The molecular formula is C34H39F2N7O4. The van der Waals surface area contributed by atoms with E-state index in [1.165, 1.54) is 38.5 Å². The zero-order chi connectivity index (χ0) is 33.7. The highest BCUT2D eigenvalue weighted by atomic mass is 19.1. The van der Waals surface area contributed by atoms with Crippen LogP contribution in [0.4, 0.5) is 32.1 Å². The Bertz CT molecular complexity index is 1880. The van der Waals surface area contributed by atoms with Crippen molar-refractivity contribution in [2.45, 2.75) is 46.1 Å². The molecular weight excluding hydrogens is 608 g/mol. The number of aryl methyl sites for hydroxylation is 2. The largest absolute Gasteiger partial charge is 0.477 e. The predicted octanol–water partition coefficient (Wildman–Crippen LogP) is 4.56. The molecule has 47 heavy (non-hydrogen) atoms. The Labute approximate surface area is 270 Å². The number of nitrogen functional groups attached to an aromatic ring is 1. The van der Waals surface area contributed by atoms with Crippen LogP contribution in [0.2, 0.25) is 0 Å². The van der Waals surface area contributed by atoms with Crippen LogP contribution >= 0.6 is 0 Å². The number of carbonyl (C=O) groups is 1. The number of benzene rings is 2. The summed E-state index contributed by atoms with van der Waals surface area (Å²) in [6.07, 6.45) is 4.51. The normalized spacial score (nSPS) is 13.6. The van der Waals surface area contributed by atoms with E-state index in [9.17, 15) is 28.3 Å².